The number of aromatic nitrogens is 3. The van der Waals surface area contributed by atoms with Crippen LogP contribution >= 0.6 is 0 Å². The van der Waals surface area contributed by atoms with Crippen LogP contribution in [0.15, 0.2) is 36.8 Å². The molecule has 0 saturated carbocycles. The van der Waals surface area contributed by atoms with E-state index in [1.807, 2.05) is 17.0 Å². The number of pyridine rings is 1. The summed E-state index contributed by atoms with van der Waals surface area (Å²) in [7, 11) is 0. The first kappa shape index (κ1) is 19.6. The van der Waals surface area contributed by atoms with Gasteiger partial charge in [-0.1, -0.05) is 6.07 Å². The van der Waals surface area contributed by atoms with E-state index in [-0.39, 0.29) is 17.7 Å². The Bertz CT molecular complexity index is 802. The van der Waals surface area contributed by atoms with E-state index in [0.717, 1.165) is 57.4 Å². The number of carbonyl (C=O) groups excluding carboxylic acids is 2. The Morgan fingerprint density at radius 2 is 2.00 bits per heavy atom. The highest BCUT2D eigenvalue weighted by atomic mass is 16.2. The Morgan fingerprint density at radius 3 is 2.72 bits per heavy atom. The van der Waals surface area contributed by atoms with Crippen molar-refractivity contribution in [2.75, 3.05) is 26.2 Å². The summed E-state index contributed by atoms with van der Waals surface area (Å²) in [6.45, 7) is 3.86. The second-order valence-corrected chi connectivity index (χ2v) is 7.91. The van der Waals surface area contributed by atoms with Gasteiger partial charge in [-0.05, 0) is 49.9 Å². The maximum absolute atomic E-state index is 12.7. The van der Waals surface area contributed by atoms with Gasteiger partial charge in [0, 0.05) is 50.8 Å². The van der Waals surface area contributed by atoms with Gasteiger partial charge in [-0.3, -0.25) is 24.6 Å². The third kappa shape index (κ3) is 4.82. The van der Waals surface area contributed by atoms with Crippen molar-refractivity contribution in [2.24, 2.45) is 5.92 Å². The summed E-state index contributed by atoms with van der Waals surface area (Å²) in [5.41, 5.74) is 1.56. The van der Waals surface area contributed by atoms with Crippen molar-refractivity contribution in [3.05, 3.63) is 48.0 Å². The molecule has 0 spiro atoms. The van der Waals surface area contributed by atoms with Crippen molar-refractivity contribution in [2.45, 2.75) is 38.3 Å². The van der Waals surface area contributed by atoms with Gasteiger partial charge in [0.05, 0.1) is 5.92 Å². The zero-order valence-corrected chi connectivity index (χ0v) is 16.6. The van der Waals surface area contributed by atoms with Crippen LogP contribution in [0.5, 0.6) is 0 Å². The lowest BCUT2D eigenvalue weighted by Crippen LogP contribution is -2.51. The van der Waals surface area contributed by atoms with Crippen LogP contribution in [0.4, 0.5) is 0 Å². The fourth-order valence-electron chi connectivity index (χ4n) is 4.37. The average molecular weight is 396 g/mol. The van der Waals surface area contributed by atoms with Crippen molar-refractivity contribution in [1.29, 1.82) is 0 Å². The molecule has 2 fully saturated rings. The van der Waals surface area contributed by atoms with Crippen LogP contribution in [0.25, 0.3) is 0 Å². The lowest BCUT2D eigenvalue weighted by molar-refractivity contribution is -0.127. The summed E-state index contributed by atoms with van der Waals surface area (Å²) < 4.78 is 0. The summed E-state index contributed by atoms with van der Waals surface area (Å²) in [6.07, 6.45) is 9.00. The summed E-state index contributed by atoms with van der Waals surface area (Å²) in [4.78, 5) is 33.5. The lowest BCUT2D eigenvalue weighted by atomic mass is 9.93. The van der Waals surface area contributed by atoms with Crippen molar-refractivity contribution in [1.82, 2.24) is 30.3 Å². The number of nitrogens with zero attached hydrogens (tertiary/aromatic N) is 4. The molecule has 29 heavy (non-hydrogen) atoms. The monoisotopic (exact) mass is 396 g/mol. The number of likely N-dealkylation sites (tertiary alicyclic amines) is 2. The number of carbonyl (C=O) groups is 2. The van der Waals surface area contributed by atoms with Crippen LogP contribution < -0.4 is 5.32 Å². The molecule has 0 aromatic carbocycles. The molecule has 154 valence electrons. The van der Waals surface area contributed by atoms with E-state index in [1.54, 1.807) is 24.7 Å². The minimum Gasteiger partial charge on any atom is -0.352 e. The second-order valence-electron chi connectivity index (χ2n) is 7.91. The Balaban J connectivity index is 1.25. The summed E-state index contributed by atoms with van der Waals surface area (Å²) in [5, 5.41) is 9.68. The quantitative estimate of drug-likeness (QED) is 0.798. The molecule has 2 aliphatic heterocycles. The summed E-state index contributed by atoms with van der Waals surface area (Å²) >= 11 is 0. The van der Waals surface area contributed by atoms with E-state index in [4.69, 9.17) is 0 Å². The standard InChI is InChI=1S/C21H28N6O2/c28-20(23-14-16-3-1-8-22-13-16)17-4-2-10-27(15-17)18-6-11-26(12-7-18)21(29)19-5-9-24-25-19/h1,3,5,8-9,13,17-18H,2,4,6-7,10-12,14-15H2,(H,23,28)(H,24,25)/t17-/m0/s1. The zero-order chi connectivity index (χ0) is 20.1. The molecule has 2 aromatic heterocycles. The molecule has 4 heterocycles. The minimum absolute atomic E-state index is 0.0206. The molecular formula is C21H28N6O2. The van der Waals surface area contributed by atoms with Crippen LogP contribution in [0.2, 0.25) is 0 Å². The Labute approximate surface area is 170 Å². The first-order valence-corrected chi connectivity index (χ1v) is 10.4. The summed E-state index contributed by atoms with van der Waals surface area (Å²) in [5.74, 6) is 0.183. The molecule has 1 atom stereocenters. The molecule has 4 rings (SSSR count). The largest absolute Gasteiger partial charge is 0.352 e. The first-order chi connectivity index (χ1) is 14.2. The van der Waals surface area contributed by atoms with Crippen molar-refractivity contribution in [3.63, 3.8) is 0 Å². The van der Waals surface area contributed by atoms with Gasteiger partial charge in [0.1, 0.15) is 5.69 Å². The van der Waals surface area contributed by atoms with E-state index in [9.17, 15) is 9.59 Å². The van der Waals surface area contributed by atoms with Crippen molar-refractivity contribution >= 4 is 11.8 Å². The van der Waals surface area contributed by atoms with E-state index in [2.05, 4.69) is 25.4 Å². The third-order valence-corrected chi connectivity index (χ3v) is 6.01. The van der Waals surface area contributed by atoms with Crippen LogP contribution in [-0.4, -0.2) is 69.0 Å². The van der Waals surface area contributed by atoms with Crippen LogP contribution in [0.1, 0.15) is 41.7 Å². The SMILES string of the molecule is O=C(NCc1cccnc1)[C@H]1CCCN(C2CCN(C(=O)c3ccn[nH]3)CC2)C1. The molecule has 0 bridgehead atoms. The highest BCUT2D eigenvalue weighted by molar-refractivity contribution is 5.92. The molecule has 2 aliphatic rings. The zero-order valence-electron chi connectivity index (χ0n) is 16.6. The topological polar surface area (TPSA) is 94.2 Å². The minimum atomic E-state index is 0.0206. The smallest absolute Gasteiger partial charge is 0.271 e. The Kier molecular flexibility index (Phi) is 6.19. The fourth-order valence-corrected chi connectivity index (χ4v) is 4.37. The van der Waals surface area contributed by atoms with Crippen LogP contribution in [0.3, 0.4) is 0 Å². The molecule has 0 aliphatic carbocycles. The van der Waals surface area contributed by atoms with E-state index < -0.39 is 0 Å². The molecule has 2 N–H and O–H groups in total. The van der Waals surface area contributed by atoms with Crippen molar-refractivity contribution in [3.8, 4) is 0 Å². The van der Waals surface area contributed by atoms with Crippen molar-refractivity contribution < 1.29 is 9.59 Å². The maximum atomic E-state index is 12.7. The maximum Gasteiger partial charge on any atom is 0.271 e. The van der Waals surface area contributed by atoms with E-state index in [0.29, 0.717) is 18.3 Å². The van der Waals surface area contributed by atoms with Gasteiger partial charge in [0.25, 0.3) is 5.91 Å². The lowest BCUT2D eigenvalue weighted by Gasteiger charge is -2.42. The fraction of sp³-hybridized carbons (Fsp3) is 0.524. The number of piperidine rings is 2. The number of amides is 2. The first-order valence-electron chi connectivity index (χ1n) is 10.4. The molecule has 0 radical (unpaired) electrons. The number of aromatic amines is 1. The average Bonchev–Trinajstić information content (AvgIpc) is 3.33. The van der Waals surface area contributed by atoms with Gasteiger partial charge >= 0.3 is 0 Å². The highest BCUT2D eigenvalue weighted by Gasteiger charge is 2.32. The normalized spacial score (nSPS) is 21.1. The molecular weight excluding hydrogens is 368 g/mol. The van der Waals surface area contributed by atoms with Gasteiger partial charge in [-0.25, -0.2) is 0 Å². The van der Waals surface area contributed by atoms with Gasteiger partial charge in [0.2, 0.25) is 5.91 Å². The highest BCUT2D eigenvalue weighted by Crippen LogP contribution is 2.24. The predicted molar refractivity (Wildman–Crippen MR) is 108 cm³/mol. The number of H-pyrrole nitrogens is 1. The number of nitrogens with one attached hydrogen (secondary N) is 2. The van der Waals surface area contributed by atoms with Gasteiger partial charge < -0.3 is 10.2 Å². The molecule has 8 heteroatoms. The van der Waals surface area contributed by atoms with E-state index in [1.165, 1.54) is 0 Å². The molecule has 0 unspecified atom stereocenters. The van der Waals surface area contributed by atoms with Gasteiger partial charge in [-0.15, -0.1) is 0 Å². The van der Waals surface area contributed by atoms with Crippen LogP contribution in [0, 0.1) is 5.92 Å². The number of hydrogen-bond acceptors (Lipinski definition) is 5. The molecule has 2 aromatic rings. The predicted octanol–water partition coefficient (Wildman–Crippen LogP) is 1.44. The number of rotatable bonds is 5. The Hall–Kier alpha value is -2.74. The number of hydrogen-bond donors (Lipinski definition) is 2. The Morgan fingerprint density at radius 1 is 1.14 bits per heavy atom. The third-order valence-electron chi connectivity index (χ3n) is 6.01. The molecule has 8 nitrogen and oxygen atoms in total. The summed E-state index contributed by atoms with van der Waals surface area (Å²) in [6, 6.07) is 6.01. The van der Waals surface area contributed by atoms with Gasteiger partial charge in [-0.2, -0.15) is 5.10 Å². The molecule has 2 saturated heterocycles. The molecule has 2 amide bonds. The van der Waals surface area contributed by atoms with Gasteiger partial charge in [0.15, 0.2) is 0 Å². The second kappa shape index (κ2) is 9.17. The van der Waals surface area contributed by atoms with E-state index >= 15 is 0 Å². The van der Waals surface area contributed by atoms with Crippen LogP contribution in [-0.2, 0) is 11.3 Å².